The van der Waals surface area contributed by atoms with Gasteiger partial charge in [0.25, 0.3) is 0 Å². The lowest BCUT2D eigenvalue weighted by Gasteiger charge is -2.09. The van der Waals surface area contributed by atoms with Crippen molar-refractivity contribution in [3.05, 3.63) is 53.7 Å². The zero-order valence-electron chi connectivity index (χ0n) is 9.62. The predicted molar refractivity (Wildman–Crippen MR) is 63.7 cm³/mol. The van der Waals surface area contributed by atoms with Gasteiger partial charge in [-0.05, 0) is 48.9 Å². The van der Waals surface area contributed by atoms with Crippen molar-refractivity contribution in [2.45, 2.75) is 13.1 Å². The highest BCUT2D eigenvalue weighted by Gasteiger charge is 2.29. The first-order valence-electron chi connectivity index (χ1n) is 5.32. The lowest BCUT2D eigenvalue weighted by molar-refractivity contribution is -0.137. The monoisotopic (exact) mass is 252 g/mol. The molecule has 0 aliphatic heterocycles. The van der Waals surface area contributed by atoms with Gasteiger partial charge in [-0.25, -0.2) is 4.98 Å². The fourth-order valence-corrected chi connectivity index (χ4v) is 1.49. The highest BCUT2D eigenvalue weighted by atomic mass is 19.4. The summed E-state index contributed by atoms with van der Waals surface area (Å²) in [6.07, 6.45) is -2.66. The van der Waals surface area contributed by atoms with Crippen molar-refractivity contribution in [1.82, 2.24) is 4.98 Å². The van der Waals surface area contributed by atoms with Crippen LogP contribution in [-0.2, 0) is 6.18 Å². The fraction of sp³-hybridized carbons (Fsp3) is 0.154. The van der Waals surface area contributed by atoms with E-state index in [0.29, 0.717) is 11.5 Å². The van der Waals surface area contributed by atoms with Crippen LogP contribution < -0.4 is 5.32 Å². The molecule has 0 atom stereocenters. The first kappa shape index (κ1) is 12.4. The minimum absolute atomic E-state index is 0.570. The van der Waals surface area contributed by atoms with E-state index in [0.717, 1.165) is 17.7 Å². The van der Waals surface area contributed by atoms with Gasteiger partial charge in [0, 0.05) is 11.9 Å². The Bertz CT molecular complexity index is 533. The molecule has 5 heteroatoms. The molecule has 0 spiro atoms. The summed E-state index contributed by atoms with van der Waals surface area (Å²) < 4.78 is 37.1. The van der Waals surface area contributed by atoms with Crippen LogP contribution in [0.4, 0.5) is 24.7 Å². The van der Waals surface area contributed by atoms with E-state index < -0.39 is 11.7 Å². The van der Waals surface area contributed by atoms with Gasteiger partial charge in [-0.1, -0.05) is 0 Å². The smallest absolute Gasteiger partial charge is 0.340 e. The Hall–Kier alpha value is -2.04. The van der Waals surface area contributed by atoms with Crippen LogP contribution >= 0.6 is 0 Å². The molecule has 0 saturated heterocycles. The maximum atomic E-state index is 12.4. The maximum Gasteiger partial charge on any atom is 0.416 e. The Balaban J connectivity index is 2.16. The van der Waals surface area contributed by atoms with E-state index in [1.165, 1.54) is 12.1 Å². The van der Waals surface area contributed by atoms with Crippen LogP contribution in [0.2, 0.25) is 0 Å². The van der Waals surface area contributed by atoms with Crippen molar-refractivity contribution in [3.63, 3.8) is 0 Å². The van der Waals surface area contributed by atoms with Crippen molar-refractivity contribution in [1.29, 1.82) is 0 Å². The van der Waals surface area contributed by atoms with E-state index in [9.17, 15) is 13.2 Å². The number of halogens is 3. The standard InChI is InChI=1S/C13H11F3N2/c1-9-6-7-17-12(8-9)18-11-4-2-10(3-5-11)13(14,15)16/h2-8H,1H3,(H,17,18). The van der Waals surface area contributed by atoms with Crippen LogP contribution in [0.3, 0.4) is 0 Å². The molecule has 0 aliphatic rings. The normalized spacial score (nSPS) is 11.3. The number of hydrogen-bond donors (Lipinski definition) is 1. The number of aryl methyl sites for hydroxylation is 1. The molecule has 2 nitrogen and oxygen atoms in total. The molecule has 0 bridgehead atoms. The summed E-state index contributed by atoms with van der Waals surface area (Å²) in [6, 6.07) is 8.51. The van der Waals surface area contributed by atoms with E-state index in [4.69, 9.17) is 0 Å². The third-order valence-corrected chi connectivity index (χ3v) is 2.40. The Morgan fingerprint density at radius 2 is 1.72 bits per heavy atom. The van der Waals surface area contributed by atoms with Gasteiger partial charge >= 0.3 is 6.18 Å². The summed E-state index contributed by atoms with van der Waals surface area (Å²) in [4.78, 5) is 4.07. The van der Waals surface area contributed by atoms with Gasteiger partial charge in [0.15, 0.2) is 0 Å². The molecule has 2 rings (SSSR count). The third kappa shape index (κ3) is 3.00. The van der Waals surface area contributed by atoms with E-state index in [2.05, 4.69) is 10.3 Å². The number of nitrogens with zero attached hydrogens (tertiary/aromatic N) is 1. The predicted octanol–water partition coefficient (Wildman–Crippen LogP) is 4.15. The van der Waals surface area contributed by atoms with Crippen LogP contribution in [0, 0.1) is 6.92 Å². The number of benzene rings is 1. The first-order valence-corrected chi connectivity index (χ1v) is 5.32. The second kappa shape index (κ2) is 4.68. The van der Waals surface area contributed by atoms with Gasteiger partial charge in [-0.2, -0.15) is 13.2 Å². The topological polar surface area (TPSA) is 24.9 Å². The van der Waals surface area contributed by atoms with Crippen molar-refractivity contribution in [2.24, 2.45) is 0 Å². The summed E-state index contributed by atoms with van der Waals surface area (Å²) in [7, 11) is 0. The minimum atomic E-state index is -4.31. The molecule has 0 saturated carbocycles. The number of aromatic nitrogens is 1. The van der Waals surface area contributed by atoms with Crippen molar-refractivity contribution in [3.8, 4) is 0 Å². The summed E-state index contributed by atoms with van der Waals surface area (Å²) in [6.45, 7) is 1.92. The van der Waals surface area contributed by atoms with E-state index in [1.54, 1.807) is 6.20 Å². The van der Waals surface area contributed by atoms with E-state index >= 15 is 0 Å². The molecular weight excluding hydrogens is 241 g/mol. The van der Waals surface area contributed by atoms with Crippen LogP contribution in [0.5, 0.6) is 0 Å². The van der Waals surface area contributed by atoms with Gasteiger partial charge in [-0.15, -0.1) is 0 Å². The summed E-state index contributed by atoms with van der Waals surface area (Å²) in [5.74, 6) is 0.606. The van der Waals surface area contributed by atoms with E-state index in [1.807, 2.05) is 19.1 Å². The highest BCUT2D eigenvalue weighted by Crippen LogP contribution is 2.30. The summed E-state index contributed by atoms with van der Waals surface area (Å²) in [5, 5.41) is 2.94. The second-order valence-corrected chi connectivity index (χ2v) is 3.92. The highest BCUT2D eigenvalue weighted by molar-refractivity contribution is 5.56. The maximum absolute atomic E-state index is 12.4. The Morgan fingerprint density at radius 3 is 2.28 bits per heavy atom. The zero-order chi connectivity index (χ0) is 13.2. The number of hydrogen-bond acceptors (Lipinski definition) is 2. The van der Waals surface area contributed by atoms with Crippen LogP contribution in [0.25, 0.3) is 0 Å². The number of alkyl halides is 3. The van der Waals surface area contributed by atoms with Crippen LogP contribution in [-0.4, -0.2) is 4.98 Å². The van der Waals surface area contributed by atoms with Gasteiger partial charge in [0.05, 0.1) is 5.56 Å². The molecule has 0 aliphatic carbocycles. The van der Waals surface area contributed by atoms with Crippen molar-refractivity contribution >= 4 is 11.5 Å². The van der Waals surface area contributed by atoms with Gasteiger partial charge in [-0.3, -0.25) is 0 Å². The minimum Gasteiger partial charge on any atom is -0.340 e. The number of rotatable bonds is 2. The second-order valence-electron chi connectivity index (χ2n) is 3.92. The molecule has 1 heterocycles. The fourth-order valence-electron chi connectivity index (χ4n) is 1.49. The molecule has 94 valence electrons. The SMILES string of the molecule is Cc1ccnc(Nc2ccc(C(F)(F)F)cc2)c1. The number of pyridine rings is 1. The average molecular weight is 252 g/mol. The lowest BCUT2D eigenvalue weighted by atomic mass is 10.2. The molecule has 0 amide bonds. The molecule has 1 aromatic heterocycles. The molecule has 1 N–H and O–H groups in total. The Labute approximate surface area is 102 Å². The van der Waals surface area contributed by atoms with Crippen molar-refractivity contribution < 1.29 is 13.2 Å². The van der Waals surface area contributed by atoms with Gasteiger partial charge in [0.1, 0.15) is 5.82 Å². The van der Waals surface area contributed by atoms with Crippen molar-refractivity contribution in [2.75, 3.05) is 5.32 Å². The Morgan fingerprint density at radius 1 is 1.06 bits per heavy atom. The molecule has 1 aromatic carbocycles. The third-order valence-electron chi connectivity index (χ3n) is 2.40. The number of nitrogens with one attached hydrogen (secondary N) is 1. The van der Waals surface area contributed by atoms with Crippen LogP contribution in [0.15, 0.2) is 42.6 Å². The first-order chi connectivity index (χ1) is 8.45. The molecule has 0 fully saturated rings. The van der Waals surface area contributed by atoms with Gasteiger partial charge < -0.3 is 5.32 Å². The van der Waals surface area contributed by atoms with Crippen LogP contribution in [0.1, 0.15) is 11.1 Å². The molecular formula is C13H11F3N2. The van der Waals surface area contributed by atoms with Gasteiger partial charge in [0.2, 0.25) is 0 Å². The quantitative estimate of drug-likeness (QED) is 0.868. The summed E-state index contributed by atoms with van der Waals surface area (Å²) in [5.41, 5.74) is 0.936. The lowest BCUT2D eigenvalue weighted by Crippen LogP contribution is -2.04. The molecule has 0 unspecified atom stereocenters. The molecule has 18 heavy (non-hydrogen) atoms. The summed E-state index contributed by atoms with van der Waals surface area (Å²) >= 11 is 0. The zero-order valence-corrected chi connectivity index (χ0v) is 9.62. The largest absolute Gasteiger partial charge is 0.416 e. The Kier molecular flexibility index (Phi) is 3.23. The molecule has 2 aromatic rings. The molecule has 0 radical (unpaired) electrons. The average Bonchev–Trinajstić information content (AvgIpc) is 2.28. The number of anilines is 2. The van der Waals surface area contributed by atoms with E-state index in [-0.39, 0.29) is 0 Å².